The molecule has 1 aromatic carbocycles. The van der Waals surface area contributed by atoms with Crippen molar-refractivity contribution in [2.75, 3.05) is 0 Å². The average molecular weight is 352 g/mol. The first-order valence-electron chi connectivity index (χ1n) is 9.04. The predicted molar refractivity (Wildman–Crippen MR) is 92.0 cm³/mol. The Morgan fingerprint density at radius 1 is 0.760 bits per heavy atom. The van der Waals surface area contributed by atoms with Gasteiger partial charge in [0.15, 0.2) is 0 Å². The number of unbranched alkanes of at least 4 members (excludes halogenated alkanes) is 8. The summed E-state index contributed by atoms with van der Waals surface area (Å²) in [5.74, 6) is -1.30. The zero-order valence-corrected chi connectivity index (χ0v) is 14.9. The van der Waals surface area contributed by atoms with Crippen molar-refractivity contribution >= 4 is 11.9 Å². The van der Waals surface area contributed by atoms with Gasteiger partial charge in [-0.25, -0.2) is 9.59 Å². The van der Waals surface area contributed by atoms with Crippen LogP contribution in [0.15, 0.2) is 30.3 Å². The molecular formula is C19H28O6. The Balaban J connectivity index is 1.91. The molecule has 1 aromatic rings. The number of rotatable bonds is 14. The lowest BCUT2D eigenvalue weighted by molar-refractivity contribution is -0.597. The molecule has 0 aliphatic heterocycles. The lowest BCUT2D eigenvalue weighted by Gasteiger charge is -2.03. The summed E-state index contributed by atoms with van der Waals surface area (Å²) in [6.45, 7) is 2.21. The second kappa shape index (κ2) is 14.4. The summed E-state index contributed by atoms with van der Waals surface area (Å²) < 4.78 is 0. The van der Waals surface area contributed by atoms with Gasteiger partial charge in [-0.05, 0) is 18.6 Å². The molecule has 0 amide bonds. The Kier molecular flexibility index (Phi) is 12.2. The van der Waals surface area contributed by atoms with Gasteiger partial charge in [0, 0.05) is 16.5 Å². The summed E-state index contributed by atoms with van der Waals surface area (Å²) in [6, 6.07) is 8.25. The highest BCUT2D eigenvalue weighted by molar-refractivity contribution is 5.88. The third-order valence-electron chi connectivity index (χ3n) is 3.76. The van der Waals surface area contributed by atoms with Crippen molar-refractivity contribution in [2.24, 2.45) is 0 Å². The lowest BCUT2D eigenvalue weighted by atomic mass is 10.1. The van der Waals surface area contributed by atoms with E-state index in [2.05, 4.69) is 26.8 Å². The maximum atomic E-state index is 11.5. The minimum Gasteiger partial charge on any atom is -0.266 e. The molecule has 0 saturated heterocycles. The number of benzene rings is 1. The van der Waals surface area contributed by atoms with Gasteiger partial charge in [0.2, 0.25) is 0 Å². The van der Waals surface area contributed by atoms with E-state index in [-0.39, 0.29) is 6.42 Å². The molecule has 0 N–H and O–H groups in total. The average Bonchev–Trinajstić information content (AvgIpc) is 2.64. The van der Waals surface area contributed by atoms with E-state index >= 15 is 0 Å². The third kappa shape index (κ3) is 11.3. The number of carbonyl (C=O) groups is 2. The van der Waals surface area contributed by atoms with Crippen LogP contribution in [0.2, 0.25) is 0 Å². The van der Waals surface area contributed by atoms with Gasteiger partial charge in [-0.15, -0.1) is 0 Å². The highest BCUT2D eigenvalue weighted by Gasteiger charge is 2.10. The summed E-state index contributed by atoms with van der Waals surface area (Å²) in [5.41, 5.74) is 0.298. The smallest absolute Gasteiger partial charge is 0.266 e. The normalized spacial score (nSPS) is 10.4. The first kappa shape index (κ1) is 21.1. The van der Waals surface area contributed by atoms with E-state index in [1.165, 1.54) is 38.5 Å². The van der Waals surface area contributed by atoms with E-state index in [0.717, 1.165) is 19.3 Å². The van der Waals surface area contributed by atoms with Crippen molar-refractivity contribution in [1.29, 1.82) is 0 Å². The molecule has 0 aliphatic rings. The van der Waals surface area contributed by atoms with Gasteiger partial charge < -0.3 is 0 Å². The third-order valence-corrected chi connectivity index (χ3v) is 3.76. The van der Waals surface area contributed by atoms with Crippen molar-refractivity contribution in [3.05, 3.63) is 35.9 Å². The maximum Gasteiger partial charge on any atom is 0.376 e. The van der Waals surface area contributed by atoms with Gasteiger partial charge in [0.25, 0.3) is 0 Å². The molecule has 140 valence electrons. The second-order valence-electron chi connectivity index (χ2n) is 5.91. The van der Waals surface area contributed by atoms with Crippen LogP contribution in [0.4, 0.5) is 0 Å². The fourth-order valence-corrected chi connectivity index (χ4v) is 2.34. The molecule has 1 rings (SSSR count). The largest absolute Gasteiger partial charge is 0.376 e. The van der Waals surface area contributed by atoms with Gasteiger partial charge in [0.05, 0.1) is 5.56 Å². The van der Waals surface area contributed by atoms with E-state index in [1.54, 1.807) is 30.3 Å². The summed E-state index contributed by atoms with van der Waals surface area (Å²) in [6.07, 6.45) is 10.7. The molecule has 0 saturated carbocycles. The van der Waals surface area contributed by atoms with E-state index in [4.69, 9.17) is 0 Å². The first-order valence-corrected chi connectivity index (χ1v) is 9.04. The van der Waals surface area contributed by atoms with Crippen LogP contribution in [-0.4, -0.2) is 11.9 Å². The van der Waals surface area contributed by atoms with E-state index in [1.807, 2.05) is 0 Å². The molecule has 0 unspecified atom stereocenters. The van der Waals surface area contributed by atoms with Crippen LogP contribution < -0.4 is 0 Å². The van der Waals surface area contributed by atoms with Crippen LogP contribution in [0.1, 0.15) is 81.5 Å². The highest BCUT2D eigenvalue weighted by Crippen LogP contribution is 2.11. The molecule has 0 radical (unpaired) electrons. The minimum absolute atomic E-state index is 0.242. The molecular weight excluding hydrogens is 324 g/mol. The molecule has 6 nitrogen and oxygen atoms in total. The SMILES string of the molecule is CCCCCCCCCCCC(=O)OOOOC(=O)c1ccccc1. The Morgan fingerprint density at radius 3 is 1.96 bits per heavy atom. The van der Waals surface area contributed by atoms with E-state index in [0.29, 0.717) is 5.56 Å². The molecule has 0 spiro atoms. The predicted octanol–water partition coefficient (Wildman–Crippen LogP) is 5.09. The van der Waals surface area contributed by atoms with Crippen LogP contribution in [0.5, 0.6) is 0 Å². The van der Waals surface area contributed by atoms with Crippen molar-refractivity contribution in [3.63, 3.8) is 0 Å². The molecule has 0 atom stereocenters. The highest BCUT2D eigenvalue weighted by atomic mass is 17.7. The molecule has 0 bridgehead atoms. The van der Waals surface area contributed by atoms with Crippen LogP contribution in [0.3, 0.4) is 0 Å². The molecule has 0 aromatic heterocycles. The zero-order valence-electron chi connectivity index (χ0n) is 14.9. The lowest BCUT2D eigenvalue weighted by Crippen LogP contribution is -2.10. The minimum atomic E-state index is -0.740. The van der Waals surface area contributed by atoms with Gasteiger partial charge in [-0.2, -0.15) is 0 Å². The molecule has 0 heterocycles. The van der Waals surface area contributed by atoms with Gasteiger partial charge in [-0.3, -0.25) is 9.78 Å². The summed E-state index contributed by atoms with van der Waals surface area (Å²) in [4.78, 5) is 31.6. The van der Waals surface area contributed by atoms with Crippen LogP contribution >= 0.6 is 0 Å². The summed E-state index contributed by atoms with van der Waals surface area (Å²) >= 11 is 0. The van der Waals surface area contributed by atoms with Crippen molar-refractivity contribution in [3.8, 4) is 0 Å². The van der Waals surface area contributed by atoms with Crippen LogP contribution in [-0.2, 0) is 24.6 Å². The molecule has 0 aliphatic carbocycles. The Bertz CT molecular complexity index is 474. The summed E-state index contributed by atoms with van der Waals surface area (Å²) in [7, 11) is 0. The fraction of sp³-hybridized carbons (Fsp3) is 0.579. The number of hydrogen-bond donors (Lipinski definition) is 0. The van der Waals surface area contributed by atoms with Crippen molar-refractivity contribution in [2.45, 2.75) is 71.1 Å². The van der Waals surface area contributed by atoms with Crippen molar-refractivity contribution in [1.82, 2.24) is 0 Å². The van der Waals surface area contributed by atoms with E-state index < -0.39 is 11.9 Å². The Labute approximate surface area is 149 Å². The van der Waals surface area contributed by atoms with Gasteiger partial charge >= 0.3 is 11.9 Å². The van der Waals surface area contributed by atoms with Crippen LogP contribution in [0.25, 0.3) is 0 Å². The first-order chi connectivity index (χ1) is 12.2. The standard InChI is InChI=1S/C19H28O6/c1-2-3-4-5-6-7-8-9-13-16-18(20)22-24-25-23-19(21)17-14-11-10-12-15-17/h10-12,14-15H,2-9,13,16H2,1H3. The maximum absolute atomic E-state index is 11.5. The Hall–Kier alpha value is -1.92. The zero-order chi connectivity index (χ0) is 18.2. The number of hydrogen-bond acceptors (Lipinski definition) is 6. The molecule has 0 fully saturated rings. The molecule has 6 heteroatoms. The van der Waals surface area contributed by atoms with Crippen LogP contribution in [0, 0.1) is 0 Å². The second-order valence-corrected chi connectivity index (χ2v) is 5.91. The topological polar surface area (TPSA) is 71.1 Å². The Morgan fingerprint density at radius 2 is 1.32 bits per heavy atom. The van der Waals surface area contributed by atoms with Gasteiger partial charge in [-0.1, -0.05) is 76.5 Å². The van der Waals surface area contributed by atoms with Crippen molar-refractivity contribution < 1.29 is 29.4 Å². The quantitative estimate of drug-likeness (QED) is 0.264. The fourth-order valence-electron chi connectivity index (χ4n) is 2.34. The number of carbonyl (C=O) groups excluding carboxylic acids is 2. The summed E-state index contributed by atoms with van der Waals surface area (Å²) in [5, 5.41) is 8.25. The van der Waals surface area contributed by atoms with E-state index in [9.17, 15) is 9.59 Å². The monoisotopic (exact) mass is 352 g/mol. The van der Waals surface area contributed by atoms with Gasteiger partial charge in [0.1, 0.15) is 0 Å². The molecule has 25 heavy (non-hydrogen) atoms.